The molecular weight excluding hydrogens is 222 g/mol. The molecule has 0 spiro atoms. The minimum Gasteiger partial charge on any atom is -0.343 e. The van der Waals surface area contributed by atoms with E-state index in [1.54, 1.807) is 6.92 Å². The fourth-order valence-corrected chi connectivity index (χ4v) is 2.70. The second-order valence-electron chi connectivity index (χ2n) is 5.61. The molecule has 1 amide bonds. The monoisotopic (exact) mass is 245 g/mol. The molecule has 0 aliphatic carbocycles. The first kappa shape index (κ1) is 13.1. The Hall–Kier alpha value is -1.31. The summed E-state index contributed by atoms with van der Waals surface area (Å²) in [7, 11) is 0. The summed E-state index contributed by atoms with van der Waals surface area (Å²) in [6, 6.07) is 8.96. The number of hydrogen-bond donors (Lipinski definition) is 0. The molecule has 0 aromatic heterocycles. The van der Waals surface area contributed by atoms with Gasteiger partial charge < -0.3 is 4.90 Å². The van der Waals surface area contributed by atoms with Crippen LogP contribution in [-0.4, -0.2) is 23.9 Å². The summed E-state index contributed by atoms with van der Waals surface area (Å²) in [5.74, 6) is 1.42. The van der Waals surface area contributed by atoms with Gasteiger partial charge in [-0.1, -0.05) is 38.1 Å². The number of rotatable bonds is 2. The topological polar surface area (TPSA) is 20.3 Å². The Labute approximate surface area is 110 Å². The molecule has 0 bridgehead atoms. The zero-order valence-corrected chi connectivity index (χ0v) is 11.6. The molecule has 1 aliphatic rings. The predicted octanol–water partition coefficient (Wildman–Crippen LogP) is 3.54. The van der Waals surface area contributed by atoms with Gasteiger partial charge in [-0.25, -0.2) is 0 Å². The van der Waals surface area contributed by atoms with Gasteiger partial charge in [0.2, 0.25) is 5.91 Å². The van der Waals surface area contributed by atoms with E-state index in [0.29, 0.717) is 11.8 Å². The molecule has 1 aromatic rings. The van der Waals surface area contributed by atoms with Crippen LogP contribution in [0.15, 0.2) is 24.3 Å². The van der Waals surface area contributed by atoms with Gasteiger partial charge in [0.15, 0.2) is 0 Å². The van der Waals surface area contributed by atoms with Crippen molar-refractivity contribution < 1.29 is 4.79 Å². The number of carbonyl (C=O) groups is 1. The van der Waals surface area contributed by atoms with Gasteiger partial charge in [-0.3, -0.25) is 4.79 Å². The number of piperidine rings is 1. The highest BCUT2D eigenvalue weighted by Crippen LogP contribution is 2.29. The van der Waals surface area contributed by atoms with Crippen molar-refractivity contribution in [1.29, 1.82) is 0 Å². The largest absolute Gasteiger partial charge is 0.343 e. The molecule has 1 fully saturated rings. The van der Waals surface area contributed by atoms with Gasteiger partial charge in [0, 0.05) is 20.0 Å². The maximum Gasteiger partial charge on any atom is 0.219 e. The standard InChI is InChI=1S/C16H23NO/c1-12(2)15-5-4-6-16(11-15)14-7-9-17(10-8-14)13(3)18/h4-6,11-12,14H,7-10H2,1-3H3. The first-order chi connectivity index (χ1) is 8.58. The molecule has 0 unspecified atom stereocenters. The summed E-state index contributed by atoms with van der Waals surface area (Å²) in [4.78, 5) is 13.3. The number of nitrogens with zero attached hydrogens (tertiary/aromatic N) is 1. The lowest BCUT2D eigenvalue weighted by molar-refractivity contribution is -0.129. The molecule has 1 aromatic carbocycles. The number of carbonyl (C=O) groups excluding carboxylic acids is 1. The van der Waals surface area contributed by atoms with Gasteiger partial charge in [0.25, 0.3) is 0 Å². The average Bonchev–Trinajstić information content (AvgIpc) is 2.39. The fraction of sp³-hybridized carbons (Fsp3) is 0.562. The second kappa shape index (κ2) is 5.55. The van der Waals surface area contributed by atoms with Crippen LogP contribution in [0.25, 0.3) is 0 Å². The molecule has 0 saturated carbocycles. The second-order valence-corrected chi connectivity index (χ2v) is 5.61. The summed E-state index contributed by atoms with van der Waals surface area (Å²) in [6.07, 6.45) is 2.20. The number of likely N-dealkylation sites (tertiary alicyclic amines) is 1. The van der Waals surface area contributed by atoms with E-state index in [1.165, 1.54) is 11.1 Å². The molecule has 0 atom stereocenters. The summed E-state index contributed by atoms with van der Waals surface area (Å²) in [5.41, 5.74) is 2.87. The molecule has 98 valence electrons. The van der Waals surface area contributed by atoms with Crippen LogP contribution in [0.5, 0.6) is 0 Å². The minimum absolute atomic E-state index is 0.212. The van der Waals surface area contributed by atoms with E-state index in [1.807, 2.05) is 4.90 Å². The van der Waals surface area contributed by atoms with E-state index in [2.05, 4.69) is 38.1 Å². The quantitative estimate of drug-likeness (QED) is 0.780. The van der Waals surface area contributed by atoms with E-state index in [0.717, 1.165) is 25.9 Å². The van der Waals surface area contributed by atoms with Crippen molar-refractivity contribution >= 4 is 5.91 Å². The number of amides is 1. The van der Waals surface area contributed by atoms with E-state index in [4.69, 9.17) is 0 Å². The van der Waals surface area contributed by atoms with Crippen LogP contribution in [0.1, 0.15) is 56.6 Å². The molecule has 2 nitrogen and oxygen atoms in total. The Morgan fingerprint density at radius 3 is 2.50 bits per heavy atom. The average molecular weight is 245 g/mol. The fourth-order valence-electron chi connectivity index (χ4n) is 2.70. The normalized spacial score (nSPS) is 17.2. The van der Waals surface area contributed by atoms with Gasteiger partial charge in [0.1, 0.15) is 0 Å². The van der Waals surface area contributed by atoms with E-state index in [-0.39, 0.29) is 5.91 Å². The van der Waals surface area contributed by atoms with Gasteiger partial charge in [-0.05, 0) is 35.8 Å². The van der Waals surface area contributed by atoms with Crippen LogP contribution in [0.3, 0.4) is 0 Å². The zero-order chi connectivity index (χ0) is 13.1. The zero-order valence-electron chi connectivity index (χ0n) is 11.6. The summed E-state index contributed by atoms with van der Waals surface area (Å²) >= 11 is 0. The van der Waals surface area contributed by atoms with E-state index < -0.39 is 0 Å². The van der Waals surface area contributed by atoms with Crippen LogP contribution in [-0.2, 0) is 4.79 Å². The third-order valence-corrected chi connectivity index (χ3v) is 3.99. The highest BCUT2D eigenvalue weighted by atomic mass is 16.2. The van der Waals surface area contributed by atoms with Gasteiger partial charge >= 0.3 is 0 Å². The third-order valence-electron chi connectivity index (χ3n) is 3.99. The Kier molecular flexibility index (Phi) is 4.05. The minimum atomic E-state index is 0.212. The first-order valence-corrected chi connectivity index (χ1v) is 6.93. The lowest BCUT2D eigenvalue weighted by Crippen LogP contribution is -2.36. The van der Waals surface area contributed by atoms with Crippen molar-refractivity contribution in [3.63, 3.8) is 0 Å². The highest BCUT2D eigenvalue weighted by molar-refractivity contribution is 5.73. The molecule has 1 heterocycles. The number of hydrogen-bond acceptors (Lipinski definition) is 1. The summed E-state index contributed by atoms with van der Waals surface area (Å²) in [5, 5.41) is 0. The molecule has 18 heavy (non-hydrogen) atoms. The Bertz CT molecular complexity index is 417. The molecular formula is C16H23NO. The summed E-state index contributed by atoms with van der Waals surface area (Å²) in [6.45, 7) is 7.95. The van der Waals surface area contributed by atoms with E-state index >= 15 is 0 Å². The summed E-state index contributed by atoms with van der Waals surface area (Å²) < 4.78 is 0. The molecule has 1 saturated heterocycles. The van der Waals surface area contributed by atoms with Crippen molar-refractivity contribution in [2.45, 2.75) is 45.4 Å². The van der Waals surface area contributed by atoms with Crippen LogP contribution in [0.2, 0.25) is 0 Å². The maximum atomic E-state index is 11.3. The smallest absolute Gasteiger partial charge is 0.219 e. The number of benzene rings is 1. The SMILES string of the molecule is CC(=O)N1CCC(c2cccc(C(C)C)c2)CC1. The molecule has 2 rings (SSSR count). The van der Waals surface area contributed by atoms with Gasteiger partial charge in [-0.15, -0.1) is 0 Å². The van der Waals surface area contributed by atoms with Crippen molar-refractivity contribution in [3.05, 3.63) is 35.4 Å². The van der Waals surface area contributed by atoms with Crippen molar-refractivity contribution in [1.82, 2.24) is 4.90 Å². The van der Waals surface area contributed by atoms with Crippen LogP contribution < -0.4 is 0 Å². The lowest BCUT2D eigenvalue weighted by atomic mass is 9.87. The Morgan fingerprint density at radius 1 is 1.28 bits per heavy atom. The van der Waals surface area contributed by atoms with Gasteiger partial charge in [-0.2, -0.15) is 0 Å². The Balaban J connectivity index is 2.05. The third kappa shape index (κ3) is 2.92. The molecule has 0 N–H and O–H groups in total. The molecule has 2 heteroatoms. The van der Waals surface area contributed by atoms with Crippen molar-refractivity contribution in [3.8, 4) is 0 Å². The molecule has 0 radical (unpaired) electrons. The van der Waals surface area contributed by atoms with Gasteiger partial charge in [0.05, 0.1) is 0 Å². The van der Waals surface area contributed by atoms with Crippen LogP contribution in [0.4, 0.5) is 0 Å². The van der Waals surface area contributed by atoms with Crippen molar-refractivity contribution in [2.24, 2.45) is 0 Å². The Morgan fingerprint density at radius 2 is 1.94 bits per heavy atom. The van der Waals surface area contributed by atoms with E-state index in [9.17, 15) is 4.79 Å². The maximum absolute atomic E-state index is 11.3. The molecule has 1 aliphatic heterocycles. The highest BCUT2D eigenvalue weighted by Gasteiger charge is 2.22. The van der Waals surface area contributed by atoms with Crippen LogP contribution in [0, 0.1) is 0 Å². The lowest BCUT2D eigenvalue weighted by Gasteiger charge is -2.31. The van der Waals surface area contributed by atoms with Crippen LogP contribution >= 0.6 is 0 Å². The predicted molar refractivity (Wildman–Crippen MR) is 74.8 cm³/mol. The first-order valence-electron chi connectivity index (χ1n) is 6.93. The van der Waals surface area contributed by atoms with Crippen molar-refractivity contribution in [2.75, 3.05) is 13.1 Å².